The number of carboxylic acids is 1. The second-order valence-corrected chi connectivity index (χ2v) is 15.0. The Morgan fingerprint density at radius 3 is 2.00 bits per heavy atom. The summed E-state index contributed by atoms with van der Waals surface area (Å²) in [4.78, 5) is 11.7. The van der Waals surface area contributed by atoms with Gasteiger partial charge in [0.25, 0.3) is 0 Å². The smallest absolute Gasteiger partial charge is 0.303 e. The van der Waals surface area contributed by atoms with E-state index in [0.717, 1.165) is 38.5 Å². The van der Waals surface area contributed by atoms with Crippen molar-refractivity contribution in [3.63, 3.8) is 0 Å². The monoisotopic (exact) mass is 492 g/mol. The summed E-state index contributed by atoms with van der Waals surface area (Å²) in [5, 5.41) is 31.4. The molecule has 1 saturated heterocycles. The molecular weight excluding hydrogens is 440 g/mol. The highest BCUT2D eigenvalue weighted by molar-refractivity contribution is 5.66. The third-order valence-corrected chi connectivity index (χ3v) is 12.3. The lowest BCUT2D eigenvalue weighted by Gasteiger charge is -2.67. The topological polar surface area (TPSA) is 87.0 Å². The van der Waals surface area contributed by atoms with Crippen LogP contribution < -0.4 is 0 Å². The Morgan fingerprint density at radius 1 is 0.829 bits per heavy atom. The Morgan fingerprint density at radius 2 is 1.46 bits per heavy atom. The highest BCUT2D eigenvalue weighted by Gasteiger charge is 2.69. The van der Waals surface area contributed by atoms with Crippen LogP contribution >= 0.6 is 0 Å². The fourth-order valence-corrected chi connectivity index (χ4v) is 10.4. The van der Waals surface area contributed by atoms with Crippen molar-refractivity contribution in [3.05, 3.63) is 0 Å². The molecule has 1 heterocycles. The Hall–Kier alpha value is -0.650. The van der Waals surface area contributed by atoms with Crippen molar-refractivity contribution in [3.8, 4) is 0 Å². The number of carbonyl (C=O) groups is 1. The molecule has 4 aliphatic rings. The minimum Gasteiger partial charge on any atom is -0.481 e. The van der Waals surface area contributed by atoms with Gasteiger partial charge in [0, 0.05) is 6.42 Å². The third kappa shape index (κ3) is 4.20. The molecule has 5 heteroatoms. The number of rotatable bonds is 6. The molecule has 4 rings (SSSR count). The quantitative estimate of drug-likeness (QED) is 0.411. The number of fused-ring (bicyclic) bond motifs is 3. The van der Waals surface area contributed by atoms with Crippen molar-refractivity contribution in [2.24, 2.45) is 39.9 Å². The first-order chi connectivity index (χ1) is 15.9. The van der Waals surface area contributed by atoms with Crippen molar-refractivity contribution < 1.29 is 24.9 Å². The number of hydrogen-bond donors (Lipinski definition) is 3. The molecule has 0 spiro atoms. The van der Waals surface area contributed by atoms with Gasteiger partial charge in [-0.15, -0.1) is 0 Å². The Kier molecular flexibility index (Phi) is 6.60. The first kappa shape index (κ1) is 27.4. The lowest BCUT2D eigenvalue weighted by molar-refractivity contribution is -0.212. The predicted molar refractivity (Wildman–Crippen MR) is 138 cm³/mol. The van der Waals surface area contributed by atoms with Gasteiger partial charge in [-0.1, -0.05) is 20.8 Å². The molecule has 3 saturated carbocycles. The van der Waals surface area contributed by atoms with Gasteiger partial charge in [-0.25, -0.2) is 0 Å². The first-order valence-electron chi connectivity index (χ1n) is 14.2. The average molecular weight is 493 g/mol. The molecule has 0 aromatic carbocycles. The maximum absolute atomic E-state index is 11.7. The van der Waals surface area contributed by atoms with Crippen LogP contribution in [0.5, 0.6) is 0 Å². The molecule has 0 radical (unpaired) electrons. The zero-order chi connectivity index (χ0) is 26.2. The van der Waals surface area contributed by atoms with E-state index >= 15 is 0 Å². The van der Waals surface area contributed by atoms with E-state index in [9.17, 15) is 20.1 Å². The van der Waals surface area contributed by atoms with E-state index in [1.54, 1.807) is 0 Å². The van der Waals surface area contributed by atoms with Crippen LogP contribution in [0.15, 0.2) is 0 Å². The van der Waals surface area contributed by atoms with E-state index in [1.165, 1.54) is 12.8 Å². The molecule has 35 heavy (non-hydrogen) atoms. The minimum absolute atomic E-state index is 0.104. The van der Waals surface area contributed by atoms with Crippen LogP contribution in [0.3, 0.4) is 0 Å². The van der Waals surface area contributed by atoms with Crippen LogP contribution in [0.4, 0.5) is 0 Å². The molecule has 5 nitrogen and oxygen atoms in total. The normalized spacial score (nSPS) is 48.5. The van der Waals surface area contributed by atoms with Gasteiger partial charge in [0.05, 0.1) is 22.9 Å². The highest BCUT2D eigenvalue weighted by Crippen LogP contribution is 2.74. The summed E-state index contributed by atoms with van der Waals surface area (Å²) >= 11 is 0. The molecule has 3 aliphatic carbocycles. The lowest BCUT2D eigenvalue weighted by atomic mass is 9.37. The van der Waals surface area contributed by atoms with Crippen LogP contribution in [0.1, 0.15) is 120 Å². The lowest BCUT2D eigenvalue weighted by Crippen LogP contribution is -2.62. The number of aliphatic carboxylic acids is 1. The van der Waals surface area contributed by atoms with Crippen LogP contribution in [0.2, 0.25) is 0 Å². The van der Waals surface area contributed by atoms with Crippen molar-refractivity contribution in [2.45, 2.75) is 143 Å². The molecule has 0 bridgehead atoms. The van der Waals surface area contributed by atoms with Crippen molar-refractivity contribution in [1.82, 2.24) is 0 Å². The van der Waals surface area contributed by atoms with Crippen LogP contribution in [0, 0.1) is 39.9 Å². The SMILES string of the molecule is CC(C)(O)[C@H]1CC[C@@](C)([C@H]2CC[C@]3(C)[C@@H]2CC[C@@H]2[C@@](C)(CCC(=O)O)[C@H](C(C)(C)O)CC[C@]23C)O1. The van der Waals surface area contributed by atoms with E-state index in [1.807, 2.05) is 27.7 Å². The van der Waals surface area contributed by atoms with Crippen molar-refractivity contribution in [1.29, 1.82) is 0 Å². The van der Waals surface area contributed by atoms with E-state index in [4.69, 9.17) is 4.74 Å². The standard InChI is InChI=1S/C30H52O5/c1-25(2,33)21-12-17-29(7)22(27(21,5)15-14-24(31)32)10-9-19-20(11-16-28(19,29)6)30(8)18-13-23(35-30)26(3,4)34/h19-23,33-34H,9-18H2,1-8H3,(H,31,32)/t19-,20+,21+,22-,23-,27+,28-,29-,30+/m1/s1. The molecule has 0 unspecified atom stereocenters. The fourth-order valence-electron chi connectivity index (χ4n) is 10.4. The Bertz CT molecular complexity index is 826. The van der Waals surface area contributed by atoms with Crippen LogP contribution in [-0.2, 0) is 9.53 Å². The second kappa shape index (κ2) is 8.43. The van der Waals surface area contributed by atoms with Gasteiger partial charge in [0.15, 0.2) is 0 Å². The predicted octanol–water partition coefficient (Wildman–Crippen LogP) is 6.20. The largest absolute Gasteiger partial charge is 0.481 e. The Labute approximate surface area is 213 Å². The van der Waals surface area contributed by atoms with Gasteiger partial charge >= 0.3 is 5.97 Å². The van der Waals surface area contributed by atoms with Gasteiger partial charge in [-0.05, 0) is 132 Å². The molecule has 0 aromatic rings. The van der Waals surface area contributed by atoms with Gasteiger partial charge in [-0.3, -0.25) is 4.79 Å². The molecule has 0 amide bonds. The summed E-state index contributed by atoms with van der Waals surface area (Å²) < 4.78 is 6.68. The number of hydrogen-bond acceptors (Lipinski definition) is 4. The minimum atomic E-state index is -0.818. The second-order valence-electron chi connectivity index (χ2n) is 15.0. The molecule has 9 atom stereocenters. The van der Waals surface area contributed by atoms with Gasteiger partial charge < -0.3 is 20.1 Å². The molecule has 3 N–H and O–H groups in total. The molecule has 4 fully saturated rings. The van der Waals surface area contributed by atoms with Crippen LogP contribution in [0.25, 0.3) is 0 Å². The summed E-state index contributed by atoms with van der Waals surface area (Å²) in [6, 6.07) is 0. The zero-order valence-electron chi connectivity index (χ0n) is 23.6. The van der Waals surface area contributed by atoms with Gasteiger partial charge in [-0.2, -0.15) is 0 Å². The summed E-state index contributed by atoms with van der Waals surface area (Å²) in [5.41, 5.74) is -1.73. The van der Waals surface area contributed by atoms with Crippen molar-refractivity contribution >= 4 is 5.97 Å². The third-order valence-electron chi connectivity index (χ3n) is 12.3. The van der Waals surface area contributed by atoms with Crippen molar-refractivity contribution in [2.75, 3.05) is 0 Å². The molecule has 1 aliphatic heterocycles. The zero-order valence-corrected chi connectivity index (χ0v) is 23.6. The van der Waals surface area contributed by atoms with Gasteiger partial charge in [0.2, 0.25) is 0 Å². The highest BCUT2D eigenvalue weighted by atomic mass is 16.5. The summed E-state index contributed by atoms with van der Waals surface area (Å²) in [5.74, 6) is 0.849. The van der Waals surface area contributed by atoms with E-state index in [2.05, 4.69) is 27.7 Å². The molecule has 202 valence electrons. The summed E-state index contributed by atoms with van der Waals surface area (Å²) in [7, 11) is 0. The maximum Gasteiger partial charge on any atom is 0.303 e. The number of carboxylic acid groups (broad SMARTS) is 1. The van der Waals surface area contributed by atoms with E-state index in [0.29, 0.717) is 24.2 Å². The van der Waals surface area contributed by atoms with Crippen LogP contribution in [-0.4, -0.2) is 44.2 Å². The average Bonchev–Trinajstić information content (AvgIpc) is 3.28. The molecular formula is C30H52O5. The Balaban J connectivity index is 1.65. The first-order valence-corrected chi connectivity index (χ1v) is 14.2. The fraction of sp³-hybridized carbons (Fsp3) is 0.967. The summed E-state index contributed by atoms with van der Waals surface area (Å²) in [6.07, 6.45) is 9.27. The maximum atomic E-state index is 11.7. The summed E-state index contributed by atoms with van der Waals surface area (Å²) in [6.45, 7) is 17.2. The number of ether oxygens (including phenoxy) is 1. The molecule has 0 aromatic heterocycles. The van der Waals surface area contributed by atoms with E-state index < -0.39 is 17.2 Å². The van der Waals surface area contributed by atoms with E-state index in [-0.39, 0.29) is 40.3 Å². The number of aliphatic hydroxyl groups is 2. The van der Waals surface area contributed by atoms with Gasteiger partial charge in [0.1, 0.15) is 0 Å².